The van der Waals surface area contributed by atoms with Gasteiger partial charge in [-0.25, -0.2) is 0 Å². The van der Waals surface area contributed by atoms with Gasteiger partial charge in [0.05, 0.1) is 23.0 Å². The molecule has 0 atom stereocenters. The Morgan fingerprint density at radius 1 is 1.37 bits per heavy atom. The summed E-state index contributed by atoms with van der Waals surface area (Å²) in [6, 6.07) is 7.03. The van der Waals surface area contributed by atoms with E-state index >= 15 is 0 Å². The molecule has 0 radical (unpaired) electrons. The molecule has 0 aliphatic heterocycles. The molecule has 0 saturated carbocycles. The molecule has 1 aromatic carbocycles. The van der Waals surface area contributed by atoms with Crippen molar-refractivity contribution in [2.75, 3.05) is 11.9 Å². The highest BCUT2D eigenvalue weighted by atomic mass is 79.9. The van der Waals surface area contributed by atoms with E-state index in [0.717, 1.165) is 0 Å². The van der Waals surface area contributed by atoms with Crippen LogP contribution in [0.25, 0.3) is 0 Å². The van der Waals surface area contributed by atoms with Gasteiger partial charge in [0.15, 0.2) is 0 Å². The summed E-state index contributed by atoms with van der Waals surface area (Å²) in [6.45, 7) is 3.68. The first-order valence-corrected chi connectivity index (χ1v) is 6.60. The number of carbonyl (C=O) groups is 2. The number of ether oxygens (including phenoxy) is 1. The molecule has 2 amide bonds. The number of para-hydroxylation sites is 2. The van der Waals surface area contributed by atoms with Gasteiger partial charge in [0, 0.05) is 0 Å². The molecule has 0 bridgehead atoms. The minimum atomic E-state index is -0.673. The molecule has 5 nitrogen and oxygen atoms in total. The Balaban J connectivity index is 2.73. The maximum absolute atomic E-state index is 11.9. The Hall–Kier alpha value is -1.56. The van der Waals surface area contributed by atoms with Crippen molar-refractivity contribution in [3.8, 4) is 5.75 Å². The molecule has 0 fully saturated rings. The van der Waals surface area contributed by atoms with Crippen LogP contribution in [0.2, 0.25) is 0 Å². The Kier molecular flexibility index (Phi) is 5.35. The summed E-state index contributed by atoms with van der Waals surface area (Å²) >= 11 is 3.28. The van der Waals surface area contributed by atoms with E-state index in [1.165, 1.54) is 0 Å². The molecular weight excluding hydrogens is 312 g/mol. The maximum Gasteiger partial charge on any atom is 0.240 e. The fraction of sp³-hybridized carbons (Fsp3) is 0.385. The van der Waals surface area contributed by atoms with Gasteiger partial charge < -0.3 is 15.8 Å². The Morgan fingerprint density at radius 3 is 2.58 bits per heavy atom. The van der Waals surface area contributed by atoms with E-state index in [9.17, 15) is 9.59 Å². The van der Waals surface area contributed by atoms with Gasteiger partial charge in [-0.1, -0.05) is 28.1 Å². The number of hydrogen-bond acceptors (Lipinski definition) is 3. The predicted octanol–water partition coefficient (Wildman–Crippen LogP) is 2.05. The number of primary amides is 1. The van der Waals surface area contributed by atoms with E-state index in [2.05, 4.69) is 21.2 Å². The van der Waals surface area contributed by atoms with Gasteiger partial charge in [-0.3, -0.25) is 9.59 Å². The van der Waals surface area contributed by atoms with Crippen molar-refractivity contribution in [2.45, 2.75) is 24.6 Å². The highest BCUT2D eigenvalue weighted by molar-refractivity contribution is 9.10. The van der Waals surface area contributed by atoms with Crippen molar-refractivity contribution in [2.24, 2.45) is 5.73 Å². The first-order valence-electron chi connectivity index (χ1n) is 5.81. The van der Waals surface area contributed by atoms with Crippen LogP contribution >= 0.6 is 15.9 Å². The van der Waals surface area contributed by atoms with Crippen LogP contribution in [0.3, 0.4) is 0 Å². The zero-order valence-electron chi connectivity index (χ0n) is 10.9. The van der Waals surface area contributed by atoms with Gasteiger partial charge in [0.25, 0.3) is 0 Å². The summed E-state index contributed by atoms with van der Waals surface area (Å²) in [5.41, 5.74) is 5.60. The number of hydrogen-bond donors (Lipinski definition) is 2. The summed E-state index contributed by atoms with van der Waals surface area (Å²) in [5.74, 6) is -0.101. The summed E-state index contributed by atoms with van der Waals surface area (Å²) in [6.07, 6.45) is 0.131. The van der Waals surface area contributed by atoms with Crippen LogP contribution in [0.5, 0.6) is 5.75 Å². The summed E-state index contributed by atoms with van der Waals surface area (Å²) in [5, 5.41) is 2.76. The second kappa shape index (κ2) is 6.56. The number of nitrogens with two attached hydrogens (primary N) is 1. The summed E-state index contributed by atoms with van der Waals surface area (Å²) in [7, 11) is 0. The zero-order chi connectivity index (χ0) is 14.5. The molecule has 0 spiro atoms. The molecule has 104 valence electrons. The predicted molar refractivity (Wildman–Crippen MR) is 77.4 cm³/mol. The van der Waals surface area contributed by atoms with E-state index in [0.29, 0.717) is 11.4 Å². The first-order chi connectivity index (χ1) is 8.80. The van der Waals surface area contributed by atoms with Gasteiger partial charge in [-0.15, -0.1) is 0 Å². The van der Waals surface area contributed by atoms with Gasteiger partial charge in [0.1, 0.15) is 5.75 Å². The first kappa shape index (κ1) is 15.5. The van der Waals surface area contributed by atoms with Crippen LogP contribution in [-0.4, -0.2) is 22.7 Å². The quantitative estimate of drug-likeness (QED) is 0.784. The molecular formula is C13H17BrN2O3. The van der Waals surface area contributed by atoms with Crippen LogP contribution in [0.4, 0.5) is 5.69 Å². The van der Waals surface area contributed by atoms with Crippen molar-refractivity contribution in [3.05, 3.63) is 24.3 Å². The molecule has 1 rings (SSSR count). The Morgan fingerprint density at radius 2 is 2.00 bits per heavy atom. The number of rotatable bonds is 6. The molecule has 6 heteroatoms. The average Bonchev–Trinajstić information content (AvgIpc) is 2.29. The second-order valence-corrected chi connectivity index (χ2v) is 6.47. The molecule has 19 heavy (non-hydrogen) atoms. The standard InChI is InChI=1S/C13H17BrN2O3/c1-13(2,14)12(18)16-9-5-3-4-6-10(9)19-8-7-11(15)17/h3-6H,7-8H2,1-2H3,(H2,15,17)(H,16,18). The lowest BCUT2D eigenvalue weighted by Gasteiger charge is -2.18. The highest BCUT2D eigenvalue weighted by Crippen LogP contribution is 2.26. The van der Waals surface area contributed by atoms with Crippen molar-refractivity contribution >= 4 is 33.4 Å². The second-order valence-electron chi connectivity index (χ2n) is 4.49. The Labute approximate surface area is 120 Å². The van der Waals surface area contributed by atoms with Crippen molar-refractivity contribution < 1.29 is 14.3 Å². The fourth-order valence-corrected chi connectivity index (χ4v) is 1.33. The number of anilines is 1. The lowest BCUT2D eigenvalue weighted by molar-refractivity contribution is -0.119. The van der Waals surface area contributed by atoms with Crippen LogP contribution in [0.1, 0.15) is 20.3 Å². The molecule has 0 aromatic heterocycles. The van der Waals surface area contributed by atoms with E-state index in [4.69, 9.17) is 10.5 Å². The molecule has 1 aromatic rings. The lowest BCUT2D eigenvalue weighted by Crippen LogP contribution is -2.31. The third-order valence-corrected chi connectivity index (χ3v) is 2.64. The minimum absolute atomic E-state index is 0.131. The van der Waals surface area contributed by atoms with E-state index < -0.39 is 10.2 Å². The van der Waals surface area contributed by atoms with Gasteiger partial charge in [-0.05, 0) is 26.0 Å². The number of carbonyl (C=O) groups excluding carboxylic acids is 2. The lowest BCUT2D eigenvalue weighted by atomic mass is 10.2. The number of alkyl halides is 1. The number of benzene rings is 1. The van der Waals surface area contributed by atoms with E-state index in [1.54, 1.807) is 38.1 Å². The summed E-state index contributed by atoms with van der Waals surface area (Å²) < 4.78 is 4.76. The Bertz CT molecular complexity index is 469. The highest BCUT2D eigenvalue weighted by Gasteiger charge is 2.24. The summed E-state index contributed by atoms with van der Waals surface area (Å²) in [4.78, 5) is 22.5. The fourth-order valence-electron chi connectivity index (χ4n) is 1.23. The number of halogens is 1. The van der Waals surface area contributed by atoms with Crippen LogP contribution < -0.4 is 15.8 Å². The molecule has 0 aliphatic carbocycles. The molecule has 0 unspecified atom stereocenters. The van der Waals surface area contributed by atoms with Crippen molar-refractivity contribution in [1.82, 2.24) is 0 Å². The van der Waals surface area contributed by atoms with Crippen molar-refractivity contribution in [3.63, 3.8) is 0 Å². The maximum atomic E-state index is 11.9. The van der Waals surface area contributed by atoms with Crippen LogP contribution in [0, 0.1) is 0 Å². The third-order valence-electron chi connectivity index (χ3n) is 2.28. The minimum Gasteiger partial charge on any atom is -0.491 e. The molecule has 0 saturated heterocycles. The molecule has 3 N–H and O–H groups in total. The normalized spacial score (nSPS) is 10.9. The topological polar surface area (TPSA) is 81.4 Å². The van der Waals surface area contributed by atoms with E-state index in [-0.39, 0.29) is 18.9 Å². The molecule has 0 heterocycles. The smallest absolute Gasteiger partial charge is 0.240 e. The zero-order valence-corrected chi connectivity index (χ0v) is 12.5. The van der Waals surface area contributed by atoms with Gasteiger partial charge in [-0.2, -0.15) is 0 Å². The third kappa shape index (κ3) is 5.30. The number of amides is 2. The van der Waals surface area contributed by atoms with Gasteiger partial charge >= 0.3 is 0 Å². The van der Waals surface area contributed by atoms with Crippen LogP contribution in [0.15, 0.2) is 24.3 Å². The van der Waals surface area contributed by atoms with E-state index in [1.807, 2.05) is 0 Å². The van der Waals surface area contributed by atoms with Crippen LogP contribution in [-0.2, 0) is 9.59 Å². The SMILES string of the molecule is CC(C)(Br)C(=O)Nc1ccccc1OCCC(N)=O. The molecule has 0 aliphatic rings. The monoisotopic (exact) mass is 328 g/mol. The van der Waals surface area contributed by atoms with Crippen molar-refractivity contribution in [1.29, 1.82) is 0 Å². The largest absolute Gasteiger partial charge is 0.491 e. The van der Waals surface area contributed by atoms with Gasteiger partial charge in [0.2, 0.25) is 11.8 Å². The average molecular weight is 329 g/mol. The number of nitrogens with one attached hydrogen (secondary N) is 1.